The number of fused-ring (bicyclic) bond motifs is 1. The molecule has 2 heterocycles. The molecule has 0 bridgehead atoms. The Morgan fingerprint density at radius 1 is 0.918 bits per heavy atom. The first-order chi connectivity index (χ1) is 29.0. The van der Waals surface area contributed by atoms with Crippen molar-refractivity contribution in [2.75, 3.05) is 27.9 Å². The number of esters is 1. The molecule has 61 heavy (non-hydrogen) atoms. The Labute approximate surface area is 364 Å². The number of cyclic esters (lactones) is 1. The summed E-state index contributed by atoms with van der Waals surface area (Å²) in [4.78, 5) is 57.2. The molecule has 0 aromatic rings. The van der Waals surface area contributed by atoms with Gasteiger partial charge >= 0.3 is 5.97 Å². The zero-order valence-electron chi connectivity index (χ0n) is 38.2. The molecular weight excluding hydrogens is 781 g/mol. The van der Waals surface area contributed by atoms with Crippen LogP contribution >= 0.6 is 0 Å². The minimum Gasteiger partial charge on any atom is -0.456 e. The highest BCUT2D eigenvalue weighted by Gasteiger charge is 2.48. The molecule has 0 radical (unpaired) electrons. The van der Waals surface area contributed by atoms with E-state index >= 15 is 0 Å². The summed E-state index contributed by atoms with van der Waals surface area (Å²) in [7, 11) is 4.80. The number of piperidine rings is 1. The number of nitrogens with zero attached hydrogens (tertiary/aromatic N) is 2. The van der Waals surface area contributed by atoms with Gasteiger partial charge in [-0.25, -0.2) is 4.79 Å². The third kappa shape index (κ3) is 15.8. The number of methoxy groups -OCH3 is 3. The predicted molar refractivity (Wildman–Crippen MR) is 232 cm³/mol. The minimum atomic E-state index is -3.04. The molecular formula is C48H76N2O11. The second-order valence-electron chi connectivity index (χ2n) is 18.2. The van der Waals surface area contributed by atoms with Crippen LogP contribution in [0.2, 0.25) is 0 Å². The number of allylic oxidation sites excluding steroid dienone is 5. The largest absolute Gasteiger partial charge is 0.456 e. The molecule has 11 atom stereocenters. The smallest absolute Gasteiger partial charge is 0.329 e. The maximum absolute atomic E-state index is 14.3. The molecule has 344 valence electrons. The SMILES string of the molecule is COC1CCCC(/C=C(\C)[C@@H]2OC(=O)C3CCCCN3C(=O)C(=O)C(O)(O)C(C)CC(OC)C[C@H](OC)C[C@@H](C)C/C(C)=C\[C@H](C/C=C/CCCC#N)C(=O)CC(O)[C@H]2C)C1. The summed E-state index contributed by atoms with van der Waals surface area (Å²) in [5.41, 5.74) is 1.71. The number of rotatable bonds is 10. The molecule has 3 N–H and O–H groups in total. The Morgan fingerprint density at radius 2 is 1.61 bits per heavy atom. The highest BCUT2D eigenvalue weighted by Crippen LogP contribution is 2.33. The maximum atomic E-state index is 14.3. The Morgan fingerprint density at radius 3 is 2.28 bits per heavy atom. The lowest BCUT2D eigenvalue weighted by molar-refractivity contribution is -0.208. The summed E-state index contributed by atoms with van der Waals surface area (Å²) >= 11 is 0. The molecule has 2 aliphatic heterocycles. The van der Waals surface area contributed by atoms with Crippen LogP contribution in [0.5, 0.6) is 0 Å². The zero-order valence-corrected chi connectivity index (χ0v) is 38.2. The number of Topliss-reactive ketones (excluding diaryl/α,β-unsaturated/α-hetero) is 2. The van der Waals surface area contributed by atoms with Crippen molar-refractivity contribution < 1.29 is 53.4 Å². The van der Waals surface area contributed by atoms with Crippen molar-refractivity contribution in [3.63, 3.8) is 0 Å². The van der Waals surface area contributed by atoms with Crippen molar-refractivity contribution in [3.05, 3.63) is 35.5 Å². The number of amides is 1. The topological polar surface area (TPSA) is 193 Å². The predicted octanol–water partition coefficient (Wildman–Crippen LogP) is 6.72. The lowest BCUT2D eigenvalue weighted by Gasteiger charge is -2.38. The lowest BCUT2D eigenvalue weighted by Crippen LogP contribution is -2.58. The van der Waals surface area contributed by atoms with E-state index < -0.39 is 65.6 Å². The van der Waals surface area contributed by atoms with Crippen LogP contribution in [0.1, 0.15) is 137 Å². The first-order valence-electron chi connectivity index (χ1n) is 22.6. The molecule has 0 spiro atoms. The van der Waals surface area contributed by atoms with Crippen LogP contribution in [0.15, 0.2) is 35.5 Å². The van der Waals surface area contributed by atoms with Gasteiger partial charge in [0.15, 0.2) is 0 Å². The average Bonchev–Trinajstić information content (AvgIpc) is 3.24. The maximum Gasteiger partial charge on any atom is 0.329 e. The molecule has 1 saturated heterocycles. The fourth-order valence-electron chi connectivity index (χ4n) is 9.38. The van der Waals surface area contributed by atoms with E-state index in [2.05, 4.69) is 19.1 Å². The van der Waals surface area contributed by atoms with E-state index in [1.807, 2.05) is 32.1 Å². The van der Waals surface area contributed by atoms with Crippen molar-refractivity contribution in [2.24, 2.45) is 29.6 Å². The number of hydrogen-bond donors (Lipinski definition) is 3. The van der Waals surface area contributed by atoms with Crippen molar-refractivity contribution in [2.45, 2.75) is 180 Å². The minimum absolute atomic E-state index is 0.0363. The molecule has 1 aliphatic carbocycles. The monoisotopic (exact) mass is 857 g/mol. The van der Waals surface area contributed by atoms with E-state index in [9.17, 15) is 34.5 Å². The zero-order chi connectivity index (χ0) is 45.3. The van der Waals surface area contributed by atoms with Gasteiger partial charge in [0.25, 0.3) is 11.7 Å². The van der Waals surface area contributed by atoms with Gasteiger partial charge in [0, 0.05) is 58.5 Å². The second-order valence-corrected chi connectivity index (χ2v) is 18.2. The van der Waals surface area contributed by atoms with E-state index in [1.165, 1.54) is 14.0 Å². The first-order valence-corrected chi connectivity index (χ1v) is 22.6. The normalized spacial score (nSPS) is 34.6. The van der Waals surface area contributed by atoms with Crippen LogP contribution in [0.25, 0.3) is 0 Å². The summed E-state index contributed by atoms with van der Waals surface area (Å²) in [5, 5.41) is 43.3. The van der Waals surface area contributed by atoms with Gasteiger partial charge in [-0.05, 0) is 115 Å². The van der Waals surface area contributed by atoms with E-state index in [0.29, 0.717) is 56.9 Å². The van der Waals surface area contributed by atoms with Crippen LogP contribution in [0.3, 0.4) is 0 Å². The highest BCUT2D eigenvalue weighted by atomic mass is 16.5. The van der Waals surface area contributed by atoms with Crippen LogP contribution in [0, 0.1) is 40.9 Å². The number of ketones is 2. The number of nitriles is 1. The molecule has 2 fully saturated rings. The Balaban J connectivity index is 2.09. The molecule has 1 saturated carbocycles. The molecule has 13 heteroatoms. The number of carbonyl (C=O) groups is 4. The van der Waals surface area contributed by atoms with Crippen molar-refractivity contribution in [1.82, 2.24) is 4.90 Å². The van der Waals surface area contributed by atoms with Gasteiger partial charge in [-0.2, -0.15) is 5.26 Å². The van der Waals surface area contributed by atoms with Crippen molar-refractivity contribution >= 4 is 23.4 Å². The van der Waals surface area contributed by atoms with Crippen molar-refractivity contribution in [3.8, 4) is 6.07 Å². The van der Waals surface area contributed by atoms with Gasteiger partial charge in [-0.1, -0.05) is 57.1 Å². The van der Waals surface area contributed by atoms with Gasteiger partial charge in [-0.15, -0.1) is 0 Å². The fraction of sp³-hybridized carbons (Fsp3) is 0.771. The molecule has 3 rings (SSSR count). The van der Waals surface area contributed by atoms with Gasteiger partial charge in [0.2, 0.25) is 5.79 Å². The van der Waals surface area contributed by atoms with Crippen molar-refractivity contribution in [1.29, 1.82) is 5.26 Å². The number of aliphatic hydroxyl groups excluding tert-OH is 1. The number of unbranched alkanes of at least 4 members (excludes halogenated alkanes) is 2. The molecule has 6 unspecified atom stereocenters. The third-order valence-electron chi connectivity index (χ3n) is 13.2. The Bertz CT molecular complexity index is 1570. The van der Waals surface area contributed by atoms with Gasteiger partial charge < -0.3 is 39.2 Å². The number of ether oxygens (including phenoxy) is 4. The van der Waals surface area contributed by atoms with E-state index in [4.69, 9.17) is 24.2 Å². The van der Waals surface area contributed by atoms with Gasteiger partial charge in [0.05, 0.1) is 30.5 Å². The molecule has 0 aromatic heterocycles. The van der Waals surface area contributed by atoms with E-state index in [0.717, 1.165) is 42.6 Å². The van der Waals surface area contributed by atoms with Crippen LogP contribution < -0.4 is 0 Å². The summed E-state index contributed by atoms with van der Waals surface area (Å²) in [6.07, 6.45) is 13.8. The van der Waals surface area contributed by atoms with Gasteiger partial charge in [0.1, 0.15) is 17.9 Å². The van der Waals surface area contributed by atoms with Crippen LogP contribution in [-0.4, -0.2) is 114 Å². The first kappa shape index (κ1) is 52.1. The van der Waals surface area contributed by atoms with Gasteiger partial charge in [-0.3, -0.25) is 14.4 Å². The average molecular weight is 857 g/mol. The summed E-state index contributed by atoms with van der Waals surface area (Å²) < 4.78 is 23.5. The Hall–Kier alpha value is -3.25. The quantitative estimate of drug-likeness (QED) is 0.0692. The standard InChI is InChI=1S/C48H76N2O11/c1-31-23-32(2)25-39(59-7)29-40(60-8)27-34(4)48(56,57)45(53)46(54)50-22-15-13-20-41(50)47(55)61-44(33(3)26-36-17-16-19-38(28-36)58-6)35(5)42(51)30-43(52)37(24-31)18-12-10-9-11-14-21-49/h10,12,24,26,32,34-42,44,51,56-57H,9,11,13-20,22-23,25,27-30H2,1-8H3/b12-10+,31-24-,33-26+/t32-,34?,35+,36?,37-,38?,39+,40?,41?,42?,44-/m0/s1. The molecule has 1 amide bonds. The summed E-state index contributed by atoms with van der Waals surface area (Å²) in [6.45, 7) is 9.20. The number of aliphatic hydroxyl groups is 3. The fourth-order valence-corrected chi connectivity index (χ4v) is 9.38. The van der Waals surface area contributed by atoms with E-state index in [-0.39, 0.29) is 55.6 Å². The number of carbonyl (C=O) groups excluding carboxylic acids is 4. The highest BCUT2D eigenvalue weighted by molar-refractivity contribution is 6.39. The molecule has 3 aliphatic rings. The Kier molecular flexibility index (Phi) is 22.0. The van der Waals surface area contributed by atoms with E-state index in [1.54, 1.807) is 21.1 Å². The lowest BCUT2D eigenvalue weighted by atomic mass is 9.82. The molecule has 13 nitrogen and oxygen atoms in total. The summed E-state index contributed by atoms with van der Waals surface area (Å²) in [6, 6.07) is 0.977. The third-order valence-corrected chi connectivity index (χ3v) is 13.2. The molecule has 0 aromatic carbocycles. The van der Waals surface area contributed by atoms with Crippen LogP contribution in [-0.2, 0) is 38.1 Å². The summed E-state index contributed by atoms with van der Waals surface area (Å²) in [5.74, 6) is -8.70. The van der Waals surface area contributed by atoms with Crippen LogP contribution in [0.4, 0.5) is 0 Å². The number of hydrogen-bond acceptors (Lipinski definition) is 12. The second kappa shape index (κ2) is 25.8.